The molecular weight excluding hydrogens is 248 g/mol. The summed E-state index contributed by atoms with van der Waals surface area (Å²) < 4.78 is 4.77. The lowest BCUT2D eigenvalue weighted by Gasteiger charge is -2.18. The van der Waals surface area contributed by atoms with Crippen molar-refractivity contribution in [3.05, 3.63) is 29.8 Å². The Hall–Kier alpha value is -1.62. The highest BCUT2D eigenvalue weighted by Gasteiger charge is 2.28. The molecule has 0 bridgehead atoms. The molecule has 1 unspecified atom stereocenters. The third kappa shape index (κ3) is 2.61. The average Bonchev–Trinajstić information content (AvgIpc) is 2.87. The molecule has 2 N–H and O–H groups in total. The van der Waals surface area contributed by atoms with Crippen LogP contribution in [0.1, 0.15) is 12.0 Å². The lowest BCUT2D eigenvalue weighted by Crippen LogP contribution is -2.23. The van der Waals surface area contributed by atoms with E-state index in [0.717, 1.165) is 24.2 Å². The Morgan fingerprint density at radius 1 is 1.44 bits per heavy atom. The van der Waals surface area contributed by atoms with Crippen LogP contribution in [0.3, 0.4) is 0 Å². The molecule has 1 saturated heterocycles. The summed E-state index contributed by atoms with van der Waals surface area (Å²) in [5.41, 5.74) is 7.50. The highest BCUT2D eigenvalue weighted by Crippen LogP contribution is 2.24. The molecule has 18 heavy (non-hydrogen) atoms. The number of thiocarbonyl (C=S) groups is 1. The van der Waals surface area contributed by atoms with Gasteiger partial charge in [-0.2, -0.15) is 0 Å². The van der Waals surface area contributed by atoms with Crippen LogP contribution in [0.2, 0.25) is 0 Å². The smallest absolute Gasteiger partial charge is 0.310 e. The second-order valence-electron chi connectivity index (χ2n) is 4.37. The van der Waals surface area contributed by atoms with Crippen LogP contribution < -0.4 is 10.6 Å². The van der Waals surface area contributed by atoms with Crippen molar-refractivity contribution in [1.82, 2.24) is 0 Å². The SMILES string of the molecule is COC(=O)C1CCN(c2ccc(C(N)=S)cc2)C1. The van der Waals surface area contributed by atoms with Gasteiger partial charge in [0.15, 0.2) is 0 Å². The van der Waals surface area contributed by atoms with Crippen LogP contribution in [0.5, 0.6) is 0 Å². The summed E-state index contributed by atoms with van der Waals surface area (Å²) >= 11 is 4.91. The van der Waals surface area contributed by atoms with E-state index >= 15 is 0 Å². The van der Waals surface area contributed by atoms with E-state index in [-0.39, 0.29) is 11.9 Å². The average molecular weight is 264 g/mol. The fourth-order valence-electron chi connectivity index (χ4n) is 2.19. The molecule has 4 nitrogen and oxygen atoms in total. The Bertz CT molecular complexity index is 459. The lowest BCUT2D eigenvalue weighted by atomic mass is 10.1. The molecule has 2 rings (SSSR count). The number of ether oxygens (including phenoxy) is 1. The molecule has 0 aliphatic carbocycles. The molecular formula is C13H16N2O2S. The minimum absolute atomic E-state index is 0.0229. The number of anilines is 1. The van der Waals surface area contributed by atoms with Crippen molar-refractivity contribution in [1.29, 1.82) is 0 Å². The van der Waals surface area contributed by atoms with Crippen molar-refractivity contribution in [2.24, 2.45) is 11.7 Å². The first kappa shape index (κ1) is 12.8. The molecule has 96 valence electrons. The van der Waals surface area contributed by atoms with E-state index in [0.29, 0.717) is 11.5 Å². The number of nitrogens with two attached hydrogens (primary N) is 1. The van der Waals surface area contributed by atoms with Gasteiger partial charge in [0.05, 0.1) is 13.0 Å². The number of esters is 1. The summed E-state index contributed by atoms with van der Waals surface area (Å²) in [6.07, 6.45) is 0.837. The number of nitrogens with zero attached hydrogens (tertiary/aromatic N) is 1. The quantitative estimate of drug-likeness (QED) is 0.659. The summed E-state index contributed by atoms with van der Waals surface area (Å²) in [5.74, 6) is -0.150. The first-order valence-corrected chi connectivity index (χ1v) is 6.25. The summed E-state index contributed by atoms with van der Waals surface area (Å²) in [6, 6.07) is 7.77. The molecule has 0 aromatic heterocycles. The number of methoxy groups -OCH3 is 1. The zero-order valence-corrected chi connectivity index (χ0v) is 11.1. The van der Waals surface area contributed by atoms with Gasteiger partial charge in [-0.3, -0.25) is 4.79 Å². The third-order valence-corrected chi connectivity index (χ3v) is 3.48. The van der Waals surface area contributed by atoms with E-state index in [9.17, 15) is 4.79 Å². The maximum Gasteiger partial charge on any atom is 0.310 e. The van der Waals surface area contributed by atoms with Gasteiger partial charge in [-0.25, -0.2) is 0 Å². The van der Waals surface area contributed by atoms with Crippen LogP contribution in [-0.2, 0) is 9.53 Å². The lowest BCUT2D eigenvalue weighted by molar-refractivity contribution is -0.144. The Morgan fingerprint density at radius 2 is 2.11 bits per heavy atom. The summed E-state index contributed by atoms with van der Waals surface area (Å²) in [7, 11) is 1.43. The van der Waals surface area contributed by atoms with Crippen molar-refractivity contribution in [2.75, 3.05) is 25.1 Å². The maximum absolute atomic E-state index is 11.5. The second-order valence-corrected chi connectivity index (χ2v) is 4.81. The van der Waals surface area contributed by atoms with E-state index in [1.54, 1.807) is 0 Å². The predicted molar refractivity (Wildman–Crippen MR) is 74.7 cm³/mol. The van der Waals surface area contributed by atoms with E-state index in [4.69, 9.17) is 22.7 Å². The molecule has 1 atom stereocenters. The Balaban J connectivity index is 2.05. The second kappa shape index (κ2) is 5.35. The predicted octanol–water partition coefficient (Wildman–Crippen LogP) is 1.32. The molecule has 1 aromatic rings. The van der Waals surface area contributed by atoms with Crippen LogP contribution in [0.4, 0.5) is 5.69 Å². The van der Waals surface area contributed by atoms with Crippen molar-refractivity contribution >= 4 is 28.9 Å². The molecule has 1 aromatic carbocycles. The van der Waals surface area contributed by atoms with Crippen LogP contribution in [0.15, 0.2) is 24.3 Å². The standard InChI is InChI=1S/C13H16N2O2S/c1-17-13(16)10-6-7-15(8-10)11-4-2-9(3-5-11)12(14)18/h2-5,10H,6-8H2,1H3,(H2,14,18). The Kier molecular flexibility index (Phi) is 3.81. The van der Waals surface area contributed by atoms with Gasteiger partial charge in [-0.05, 0) is 30.7 Å². The van der Waals surface area contributed by atoms with Gasteiger partial charge >= 0.3 is 5.97 Å². The van der Waals surface area contributed by atoms with E-state index < -0.39 is 0 Å². The first-order valence-electron chi connectivity index (χ1n) is 5.84. The van der Waals surface area contributed by atoms with E-state index in [1.165, 1.54) is 7.11 Å². The number of hydrogen-bond acceptors (Lipinski definition) is 4. The van der Waals surface area contributed by atoms with Crippen LogP contribution >= 0.6 is 12.2 Å². The molecule has 1 aliphatic rings. The van der Waals surface area contributed by atoms with Gasteiger partial charge in [0.25, 0.3) is 0 Å². The van der Waals surface area contributed by atoms with Gasteiger partial charge in [0, 0.05) is 24.3 Å². The minimum Gasteiger partial charge on any atom is -0.469 e. The fourth-order valence-corrected chi connectivity index (χ4v) is 2.33. The number of rotatable bonds is 3. The van der Waals surface area contributed by atoms with Crippen LogP contribution in [0.25, 0.3) is 0 Å². The highest BCUT2D eigenvalue weighted by atomic mass is 32.1. The van der Waals surface area contributed by atoms with Gasteiger partial charge in [0.1, 0.15) is 4.99 Å². The number of benzene rings is 1. The summed E-state index contributed by atoms with van der Waals surface area (Å²) in [5, 5.41) is 0. The maximum atomic E-state index is 11.5. The van der Waals surface area contributed by atoms with Crippen LogP contribution in [-0.4, -0.2) is 31.2 Å². The zero-order chi connectivity index (χ0) is 13.1. The monoisotopic (exact) mass is 264 g/mol. The number of carbonyl (C=O) groups is 1. The molecule has 0 saturated carbocycles. The molecule has 1 heterocycles. The molecule has 5 heteroatoms. The van der Waals surface area contributed by atoms with Gasteiger partial charge in [-0.1, -0.05) is 12.2 Å². The zero-order valence-electron chi connectivity index (χ0n) is 10.3. The Labute approximate surface area is 112 Å². The molecule has 1 fully saturated rings. The van der Waals surface area contributed by atoms with Crippen molar-refractivity contribution in [2.45, 2.75) is 6.42 Å². The molecule has 0 radical (unpaired) electrons. The van der Waals surface area contributed by atoms with Gasteiger partial charge in [-0.15, -0.1) is 0 Å². The minimum atomic E-state index is -0.128. The van der Waals surface area contributed by atoms with Crippen molar-refractivity contribution in [3.63, 3.8) is 0 Å². The van der Waals surface area contributed by atoms with Gasteiger partial charge in [0.2, 0.25) is 0 Å². The Morgan fingerprint density at radius 3 is 2.67 bits per heavy atom. The number of carbonyl (C=O) groups excluding carboxylic acids is 1. The summed E-state index contributed by atoms with van der Waals surface area (Å²) in [6.45, 7) is 1.57. The first-order chi connectivity index (χ1) is 8.61. The van der Waals surface area contributed by atoms with Crippen LogP contribution in [0, 0.1) is 5.92 Å². The van der Waals surface area contributed by atoms with Crippen molar-refractivity contribution in [3.8, 4) is 0 Å². The number of hydrogen-bond donors (Lipinski definition) is 1. The highest BCUT2D eigenvalue weighted by molar-refractivity contribution is 7.80. The fraction of sp³-hybridized carbons (Fsp3) is 0.385. The van der Waals surface area contributed by atoms with Crippen molar-refractivity contribution < 1.29 is 9.53 Å². The topological polar surface area (TPSA) is 55.6 Å². The summed E-state index contributed by atoms with van der Waals surface area (Å²) in [4.78, 5) is 14.0. The van der Waals surface area contributed by atoms with E-state index in [2.05, 4.69) is 4.90 Å². The van der Waals surface area contributed by atoms with Gasteiger partial charge < -0.3 is 15.4 Å². The molecule has 0 spiro atoms. The normalized spacial score (nSPS) is 18.7. The largest absolute Gasteiger partial charge is 0.469 e. The van der Waals surface area contributed by atoms with E-state index in [1.807, 2.05) is 24.3 Å². The molecule has 1 aliphatic heterocycles. The molecule has 0 amide bonds. The third-order valence-electron chi connectivity index (χ3n) is 3.24.